The van der Waals surface area contributed by atoms with Gasteiger partial charge in [0.05, 0.1) is 5.56 Å². The molecular formula is C13H10O4. The molecule has 3 N–H and O–H groups in total. The molecule has 0 aliphatic carbocycles. The quantitative estimate of drug-likeness (QED) is 0.692. The zero-order chi connectivity index (χ0) is 12.4. The van der Waals surface area contributed by atoms with Gasteiger partial charge >= 0.3 is 5.97 Å². The van der Waals surface area contributed by atoms with Gasteiger partial charge in [0.15, 0.2) is 11.5 Å². The fourth-order valence-electron chi connectivity index (χ4n) is 1.51. The molecule has 4 nitrogen and oxygen atoms in total. The number of aromatic hydroxyl groups is 2. The van der Waals surface area contributed by atoms with Gasteiger partial charge in [0.1, 0.15) is 0 Å². The van der Waals surface area contributed by atoms with Gasteiger partial charge in [-0.05, 0) is 35.4 Å². The van der Waals surface area contributed by atoms with E-state index >= 15 is 0 Å². The summed E-state index contributed by atoms with van der Waals surface area (Å²) in [5.41, 5.74) is 1.68. The largest absolute Gasteiger partial charge is 0.504 e. The minimum absolute atomic E-state index is 0.184. The summed E-state index contributed by atoms with van der Waals surface area (Å²) in [7, 11) is 0. The molecule has 2 rings (SSSR count). The molecule has 4 heteroatoms. The molecular weight excluding hydrogens is 220 g/mol. The second-order valence-corrected chi connectivity index (χ2v) is 3.59. The number of rotatable bonds is 2. The van der Waals surface area contributed by atoms with Crippen molar-refractivity contribution in [3.05, 3.63) is 48.0 Å². The molecule has 2 aromatic carbocycles. The van der Waals surface area contributed by atoms with E-state index in [9.17, 15) is 15.0 Å². The van der Waals surface area contributed by atoms with E-state index in [-0.39, 0.29) is 17.1 Å². The zero-order valence-corrected chi connectivity index (χ0v) is 8.79. The van der Waals surface area contributed by atoms with Crippen LogP contribution in [0.15, 0.2) is 42.5 Å². The van der Waals surface area contributed by atoms with Crippen LogP contribution in [-0.2, 0) is 0 Å². The number of benzene rings is 2. The van der Waals surface area contributed by atoms with Gasteiger partial charge in [0, 0.05) is 0 Å². The molecule has 0 fully saturated rings. The van der Waals surface area contributed by atoms with E-state index in [1.54, 1.807) is 18.2 Å². The van der Waals surface area contributed by atoms with Crippen molar-refractivity contribution in [1.82, 2.24) is 0 Å². The second kappa shape index (κ2) is 4.17. The molecule has 0 radical (unpaired) electrons. The maximum absolute atomic E-state index is 10.7. The van der Waals surface area contributed by atoms with Crippen LogP contribution in [-0.4, -0.2) is 21.3 Å². The summed E-state index contributed by atoms with van der Waals surface area (Å²) in [6.45, 7) is 0. The van der Waals surface area contributed by atoms with Crippen LogP contribution in [0.3, 0.4) is 0 Å². The first-order valence-corrected chi connectivity index (χ1v) is 4.93. The van der Waals surface area contributed by atoms with Crippen LogP contribution in [0.25, 0.3) is 11.1 Å². The van der Waals surface area contributed by atoms with Crippen LogP contribution in [0.5, 0.6) is 11.5 Å². The van der Waals surface area contributed by atoms with Gasteiger partial charge < -0.3 is 15.3 Å². The average Bonchev–Trinajstić information content (AvgIpc) is 2.33. The summed E-state index contributed by atoms with van der Waals surface area (Å²) in [6.07, 6.45) is 0. The highest BCUT2D eigenvalue weighted by molar-refractivity contribution is 5.88. The molecule has 0 amide bonds. The van der Waals surface area contributed by atoms with Crippen molar-refractivity contribution in [1.29, 1.82) is 0 Å². The highest BCUT2D eigenvalue weighted by Crippen LogP contribution is 2.30. The Labute approximate surface area is 97.4 Å². The van der Waals surface area contributed by atoms with E-state index in [2.05, 4.69) is 0 Å². The topological polar surface area (TPSA) is 77.8 Å². The number of hydrogen-bond donors (Lipinski definition) is 3. The van der Waals surface area contributed by atoms with Crippen molar-refractivity contribution in [2.45, 2.75) is 0 Å². The van der Waals surface area contributed by atoms with Crippen molar-refractivity contribution in [3.8, 4) is 22.6 Å². The lowest BCUT2D eigenvalue weighted by atomic mass is 10.0. The highest BCUT2D eigenvalue weighted by Gasteiger charge is 2.05. The van der Waals surface area contributed by atoms with Crippen molar-refractivity contribution >= 4 is 5.97 Å². The van der Waals surface area contributed by atoms with Crippen LogP contribution in [0.1, 0.15) is 10.4 Å². The summed E-state index contributed by atoms with van der Waals surface area (Å²) in [5.74, 6) is -1.37. The van der Waals surface area contributed by atoms with Crippen molar-refractivity contribution < 1.29 is 20.1 Å². The van der Waals surface area contributed by atoms with Gasteiger partial charge in [0.2, 0.25) is 0 Å². The fourth-order valence-corrected chi connectivity index (χ4v) is 1.51. The Morgan fingerprint density at radius 1 is 0.824 bits per heavy atom. The molecule has 86 valence electrons. The van der Waals surface area contributed by atoms with Gasteiger partial charge in [0.25, 0.3) is 0 Å². The smallest absolute Gasteiger partial charge is 0.335 e. The van der Waals surface area contributed by atoms with Gasteiger partial charge in [-0.25, -0.2) is 4.79 Å². The van der Waals surface area contributed by atoms with Crippen LogP contribution >= 0.6 is 0 Å². The molecule has 0 spiro atoms. The first-order chi connectivity index (χ1) is 8.08. The number of carboxylic acids is 1. The minimum atomic E-state index is -0.981. The first kappa shape index (κ1) is 11.0. The van der Waals surface area contributed by atoms with Crippen molar-refractivity contribution in [3.63, 3.8) is 0 Å². The van der Waals surface area contributed by atoms with Gasteiger partial charge in [-0.1, -0.05) is 18.2 Å². The molecule has 0 atom stereocenters. The summed E-state index contributed by atoms with van der Waals surface area (Å²) in [5, 5.41) is 27.3. The average molecular weight is 230 g/mol. The number of hydrogen-bond acceptors (Lipinski definition) is 3. The predicted octanol–water partition coefficient (Wildman–Crippen LogP) is 2.46. The summed E-state index contributed by atoms with van der Waals surface area (Å²) < 4.78 is 0. The van der Waals surface area contributed by atoms with Crippen molar-refractivity contribution in [2.24, 2.45) is 0 Å². The maximum atomic E-state index is 10.7. The Morgan fingerprint density at radius 3 is 1.94 bits per heavy atom. The lowest BCUT2D eigenvalue weighted by molar-refractivity contribution is 0.0697. The number of phenolic OH excluding ortho intramolecular Hbond substituents is 2. The van der Waals surface area contributed by atoms with Crippen LogP contribution in [0.2, 0.25) is 0 Å². The Bertz CT molecular complexity index is 558. The molecule has 0 aromatic heterocycles. The molecule has 0 aliphatic rings. The zero-order valence-electron chi connectivity index (χ0n) is 8.79. The molecule has 17 heavy (non-hydrogen) atoms. The second-order valence-electron chi connectivity index (χ2n) is 3.59. The van der Waals surface area contributed by atoms with E-state index in [1.165, 1.54) is 24.3 Å². The van der Waals surface area contributed by atoms with Gasteiger partial charge in [-0.2, -0.15) is 0 Å². The van der Waals surface area contributed by atoms with Gasteiger partial charge in [-0.3, -0.25) is 0 Å². The summed E-state index contributed by atoms with van der Waals surface area (Å²) in [4.78, 5) is 10.7. The third-order valence-corrected chi connectivity index (χ3v) is 2.44. The molecule has 0 saturated heterocycles. The number of phenols is 2. The minimum Gasteiger partial charge on any atom is -0.504 e. The lowest BCUT2D eigenvalue weighted by Gasteiger charge is -2.04. The fraction of sp³-hybridized carbons (Fsp3) is 0. The lowest BCUT2D eigenvalue weighted by Crippen LogP contribution is -1.94. The molecule has 0 saturated carbocycles. The molecule has 0 bridgehead atoms. The molecule has 0 heterocycles. The normalized spacial score (nSPS) is 10.1. The van der Waals surface area contributed by atoms with E-state index in [1.807, 2.05) is 0 Å². The Morgan fingerprint density at radius 2 is 1.41 bits per heavy atom. The summed E-state index contributed by atoms with van der Waals surface area (Å²) >= 11 is 0. The monoisotopic (exact) mass is 230 g/mol. The predicted molar refractivity (Wildman–Crippen MR) is 62.2 cm³/mol. The first-order valence-electron chi connectivity index (χ1n) is 4.93. The van der Waals surface area contributed by atoms with Gasteiger partial charge in [-0.15, -0.1) is 0 Å². The Hall–Kier alpha value is -2.49. The van der Waals surface area contributed by atoms with E-state index in [0.29, 0.717) is 5.56 Å². The molecule has 0 unspecified atom stereocenters. The van der Waals surface area contributed by atoms with Crippen LogP contribution in [0.4, 0.5) is 0 Å². The number of carboxylic acid groups (broad SMARTS) is 1. The molecule has 0 aliphatic heterocycles. The third-order valence-electron chi connectivity index (χ3n) is 2.44. The number of aromatic carboxylic acids is 1. The van der Waals surface area contributed by atoms with E-state index in [4.69, 9.17) is 5.11 Å². The van der Waals surface area contributed by atoms with Crippen molar-refractivity contribution in [2.75, 3.05) is 0 Å². The third kappa shape index (κ3) is 2.20. The van der Waals surface area contributed by atoms with E-state index in [0.717, 1.165) is 5.56 Å². The SMILES string of the molecule is O=C(O)c1ccc(-c2ccc(O)c(O)c2)cc1. The van der Waals surface area contributed by atoms with E-state index < -0.39 is 5.97 Å². The Balaban J connectivity index is 2.39. The highest BCUT2D eigenvalue weighted by atomic mass is 16.4. The standard InChI is InChI=1S/C13H10O4/c14-11-6-5-10(7-12(11)15)8-1-3-9(4-2-8)13(16)17/h1-7,14-15H,(H,16,17). The summed E-state index contributed by atoms with van der Waals surface area (Å²) in [6, 6.07) is 10.7. The van der Waals surface area contributed by atoms with Crippen LogP contribution < -0.4 is 0 Å². The maximum Gasteiger partial charge on any atom is 0.335 e. The molecule has 2 aromatic rings. The van der Waals surface area contributed by atoms with Crippen LogP contribution in [0, 0.1) is 0 Å². The Kier molecular flexibility index (Phi) is 2.70. The number of carbonyl (C=O) groups is 1.